The lowest BCUT2D eigenvalue weighted by Crippen LogP contribution is -2.34. The third-order valence-electron chi connectivity index (χ3n) is 6.29. The fourth-order valence-corrected chi connectivity index (χ4v) is 4.35. The first-order valence-corrected chi connectivity index (χ1v) is 12.6. The van der Waals surface area contributed by atoms with Crippen molar-refractivity contribution >= 4 is 0 Å². The molecule has 0 radical (unpaired) electrons. The van der Waals surface area contributed by atoms with Crippen molar-refractivity contribution in [3.05, 3.63) is 84.3 Å². The van der Waals surface area contributed by atoms with Gasteiger partial charge in [-0.05, 0) is 61.8 Å². The van der Waals surface area contributed by atoms with Gasteiger partial charge in [-0.2, -0.15) is 5.10 Å². The third kappa shape index (κ3) is 6.80. The van der Waals surface area contributed by atoms with Crippen molar-refractivity contribution < 1.29 is 14.2 Å². The normalized spacial score (nSPS) is 14.5. The highest BCUT2D eigenvalue weighted by Crippen LogP contribution is 2.36. The fraction of sp³-hybridized carbons (Fsp3) is 0.414. The molecule has 35 heavy (non-hydrogen) atoms. The van der Waals surface area contributed by atoms with Gasteiger partial charge in [0.2, 0.25) is 5.88 Å². The summed E-state index contributed by atoms with van der Waals surface area (Å²) in [5, 5.41) is 15.6. The largest absolute Gasteiger partial charge is 0.438 e. The Morgan fingerprint density at radius 1 is 1.20 bits per heavy atom. The van der Waals surface area contributed by atoms with Crippen LogP contribution in [0.15, 0.2) is 67.3 Å². The van der Waals surface area contributed by atoms with Crippen molar-refractivity contribution in [3.8, 4) is 17.3 Å². The molecule has 1 heterocycles. The molecule has 1 aliphatic carbocycles. The van der Waals surface area contributed by atoms with Gasteiger partial charge in [0.1, 0.15) is 11.6 Å². The molecule has 1 aromatic heterocycles. The molecule has 4 rings (SSSR count). The average Bonchev–Trinajstić information content (AvgIpc) is 3.59. The molecule has 0 aliphatic heterocycles. The molecule has 2 aromatic carbocycles. The highest BCUT2D eigenvalue weighted by Gasteiger charge is 2.29. The second-order valence-electron chi connectivity index (χ2n) is 9.79. The quantitative estimate of drug-likeness (QED) is 0.287. The molecule has 0 spiro atoms. The van der Waals surface area contributed by atoms with Crippen LogP contribution >= 0.6 is 0 Å². The van der Waals surface area contributed by atoms with Crippen molar-refractivity contribution in [2.24, 2.45) is 5.92 Å². The molecule has 0 amide bonds. The molecule has 5 nitrogen and oxygen atoms in total. The number of para-hydroxylation sites is 1. The molecular weight excluding hydrogens is 441 g/mol. The maximum atomic E-state index is 14.0. The summed E-state index contributed by atoms with van der Waals surface area (Å²) in [6.45, 7) is 10.1. The summed E-state index contributed by atoms with van der Waals surface area (Å²) < 4.78 is 22.2. The first-order chi connectivity index (χ1) is 16.9. The summed E-state index contributed by atoms with van der Waals surface area (Å²) in [4.78, 5) is 2.32. The molecule has 0 bridgehead atoms. The number of hydrogen-bond donors (Lipinski definition) is 1. The summed E-state index contributed by atoms with van der Waals surface area (Å²) in [5.41, 5.74) is 2.80. The molecular formula is C29H36FN3O2. The number of halogens is 1. The van der Waals surface area contributed by atoms with Crippen LogP contribution in [0.2, 0.25) is 0 Å². The minimum Gasteiger partial charge on any atom is -0.438 e. The van der Waals surface area contributed by atoms with Crippen LogP contribution in [0, 0.1) is 11.7 Å². The molecule has 1 N–H and O–H groups in total. The molecule has 1 atom stereocenters. The maximum Gasteiger partial charge on any atom is 0.227 e. The number of nitrogens with zero attached hydrogens (tertiary/aromatic N) is 3. The minimum atomic E-state index is -0.425. The Bertz CT molecular complexity index is 1110. The van der Waals surface area contributed by atoms with E-state index < -0.39 is 6.10 Å². The minimum absolute atomic E-state index is 0.165. The van der Waals surface area contributed by atoms with Crippen molar-refractivity contribution in [2.75, 3.05) is 13.1 Å². The predicted octanol–water partition coefficient (Wildman–Crippen LogP) is 6.47. The summed E-state index contributed by atoms with van der Waals surface area (Å²) in [5.74, 6) is 1.50. The van der Waals surface area contributed by atoms with E-state index in [0.29, 0.717) is 37.1 Å². The summed E-state index contributed by atoms with van der Waals surface area (Å²) in [6, 6.07) is 16.1. The Hall–Kier alpha value is -2.96. The van der Waals surface area contributed by atoms with Gasteiger partial charge in [0.05, 0.1) is 23.0 Å². The van der Waals surface area contributed by atoms with Gasteiger partial charge >= 0.3 is 0 Å². The van der Waals surface area contributed by atoms with Gasteiger partial charge in [0.15, 0.2) is 0 Å². The van der Waals surface area contributed by atoms with E-state index in [-0.39, 0.29) is 11.7 Å². The molecule has 186 valence electrons. The first kappa shape index (κ1) is 25.1. The van der Waals surface area contributed by atoms with E-state index in [4.69, 9.17) is 9.84 Å². The van der Waals surface area contributed by atoms with Crippen molar-refractivity contribution in [1.82, 2.24) is 14.7 Å². The third-order valence-corrected chi connectivity index (χ3v) is 6.29. The van der Waals surface area contributed by atoms with Crippen LogP contribution in [-0.2, 0) is 6.54 Å². The Kier molecular flexibility index (Phi) is 8.37. The van der Waals surface area contributed by atoms with Crippen LogP contribution in [0.25, 0.3) is 5.69 Å². The fourth-order valence-electron chi connectivity index (χ4n) is 4.35. The molecule has 1 fully saturated rings. The molecule has 1 saturated carbocycles. The van der Waals surface area contributed by atoms with Gasteiger partial charge in [-0.1, -0.05) is 44.2 Å². The van der Waals surface area contributed by atoms with Gasteiger partial charge in [0.25, 0.3) is 0 Å². The topological polar surface area (TPSA) is 50.5 Å². The van der Waals surface area contributed by atoms with Gasteiger partial charge in [-0.25, -0.2) is 9.07 Å². The van der Waals surface area contributed by atoms with Crippen molar-refractivity contribution in [1.29, 1.82) is 0 Å². The zero-order valence-corrected chi connectivity index (χ0v) is 20.7. The van der Waals surface area contributed by atoms with Crippen molar-refractivity contribution in [2.45, 2.75) is 58.1 Å². The molecule has 1 aliphatic rings. The van der Waals surface area contributed by atoms with Crippen molar-refractivity contribution in [3.63, 3.8) is 0 Å². The van der Waals surface area contributed by atoms with E-state index in [0.717, 1.165) is 29.9 Å². The number of aliphatic hydroxyl groups excluding tert-OH is 1. The van der Waals surface area contributed by atoms with Crippen LogP contribution < -0.4 is 4.74 Å². The number of hydrogen-bond acceptors (Lipinski definition) is 4. The first-order valence-electron chi connectivity index (χ1n) is 12.6. The predicted molar refractivity (Wildman–Crippen MR) is 138 cm³/mol. The molecule has 6 heteroatoms. The lowest BCUT2D eigenvalue weighted by Gasteiger charge is -2.26. The number of allylic oxidation sites excluding steroid dienone is 1. The van der Waals surface area contributed by atoms with E-state index in [1.165, 1.54) is 25.0 Å². The summed E-state index contributed by atoms with van der Waals surface area (Å²) in [6.07, 6.45) is 5.36. The summed E-state index contributed by atoms with van der Waals surface area (Å²) >= 11 is 0. The monoisotopic (exact) mass is 477 g/mol. The second-order valence-corrected chi connectivity index (χ2v) is 9.79. The zero-order valence-electron chi connectivity index (χ0n) is 20.7. The van der Waals surface area contributed by atoms with Gasteiger partial charge in [0, 0.05) is 25.7 Å². The number of aromatic nitrogens is 2. The van der Waals surface area contributed by atoms with Gasteiger partial charge < -0.3 is 9.84 Å². The smallest absolute Gasteiger partial charge is 0.227 e. The average molecular weight is 478 g/mol. The van der Waals surface area contributed by atoms with Crippen LogP contribution in [0.4, 0.5) is 4.39 Å². The van der Waals surface area contributed by atoms with Gasteiger partial charge in [-0.3, -0.25) is 4.90 Å². The highest BCUT2D eigenvalue weighted by molar-refractivity contribution is 5.44. The number of rotatable bonds is 13. The van der Waals surface area contributed by atoms with E-state index >= 15 is 0 Å². The Morgan fingerprint density at radius 3 is 2.63 bits per heavy atom. The lowest BCUT2D eigenvalue weighted by molar-refractivity contribution is 0.0990. The lowest BCUT2D eigenvalue weighted by atomic mass is 10.0. The van der Waals surface area contributed by atoms with E-state index in [9.17, 15) is 9.50 Å². The summed E-state index contributed by atoms with van der Waals surface area (Å²) in [7, 11) is 0. The van der Waals surface area contributed by atoms with Crippen LogP contribution in [0.1, 0.15) is 56.7 Å². The Balaban J connectivity index is 1.73. The highest BCUT2D eigenvalue weighted by atomic mass is 19.1. The van der Waals surface area contributed by atoms with Gasteiger partial charge in [-0.15, -0.1) is 6.58 Å². The van der Waals surface area contributed by atoms with Crippen LogP contribution in [0.5, 0.6) is 11.6 Å². The number of ether oxygens (including phenoxy) is 1. The second kappa shape index (κ2) is 11.6. The Morgan fingerprint density at radius 2 is 1.97 bits per heavy atom. The van der Waals surface area contributed by atoms with Crippen LogP contribution in [0.3, 0.4) is 0 Å². The molecule has 1 unspecified atom stereocenters. The standard InChI is InChI=1S/C29H36FN3O2/c1-4-5-13-25(34)19-32(18-22-15-16-22)20-27-28(21(2)3)31-33(24-11-7-6-8-12-24)29(27)35-26-14-9-10-23(30)17-26/h4,6-12,14,17,21-22,25,34H,1,5,13,15-16,18-20H2,2-3H3. The Labute approximate surface area is 207 Å². The van der Waals surface area contributed by atoms with E-state index in [2.05, 4.69) is 25.3 Å². The SMILES string of the molecule is C=CCCC(O)CN(Cc1c(C(C)C)nn(-c2ccccc2)c1Oc1cccc(F)c1)CC1CC1. The molecule has 3 aromatic rings. The number of aliphatic hydroxyl groups is 1. The molecule has 0 saturated heterocycles. The van der Waals surface area contributed by atoms with E-state index in [1.54, 1.807) is 12.1 Å². The zero-order chi connectivity index (χ0) is 24.8. The van der Waals surface area contributed by atoms with Crippen LogP contribution in [-0.4, -0.2) is 39.0 Å². The number of benzene rings is 2. The van der Waals surface area contributed by atoms with E-state index in [1.807, 2.05) is 41.1 Å². The maximum absolute atomic E-state index is 14.0.